The van der Waals surface area contributed by atoms with Crippen molar-refractivity contribution >= 4 is 22.4 Å². The molecule has 190 valence electrons. The molecule has 1 aromatic carbocycles. The van der Waals surface area contributed by atoms with Gasteiger partial charge in [-0.1, -0.05) is 12.1 Å². The zero-order valence-electron chi connectivity index (χ0n) is 19.2. The number of halogens is 3. The van der Waals surface area contributed by atoms with Crippen molar-refractivity contribution in [3.8, 4) is 6.07 Å². The molecule has 3 atom stereocenters. The molecule has 4 heterocycles. The molecule has 3 N–H and O–H groups in total. The molecule has 0 aliphatic carbocycles. The Labute approximate surface area is 208 Å². The number of aromatic nitrogens is 4. The monoisotopic (exact) mass is 510 g/mol. The normalized spacial score (nSPS) is 19.8. The molecule has 0 radical (unpaired) electrons. The van der Waals surface area contributed by atoms with Crippen LogP contribution in [0.5, 0.6) is 0 Å². The molecule has 4 aromatic rings. The SMILES string of the molecule is N#CC1CCOCC1n1nc(Nc2ccc(C(O)(c3ccncc3)C(F)(F)F)cc2)c2c(=O)[nH]ccc21. The second kappa shape index (κ2) is 9.34. The van der Waals surface area contributed by atoms with E-state index < -0.39 is 23.4 Å². The minimum atomic E-state index is -5.00. The third-order valence-electron chi connectivity index (χ3n) is 6.51. The van der Waals surface area contributed by atoms with E-state index in [0.717, 1.165) is 24.3 Å². The molecule has 0 saturated carbocycles. The van der Waals surface area contributed by atoms with Gasteiger partial charge in [-0.3, -0.25) is 14.5 Å². The number of nitrogens with zero attached hydrogens (tertiary/aromatic N) is 4. The summed E-state index contributed by atoms with van der Waals surface area (Å²) < 4.78 is 49.2. The fraction of sp³-hybridized carbons (Fsp3) is 0.280. The standard InChI is InChI=1S/C25H21F3N6O3/c26-25(27,28)24(36,17-5-9-30-10-6-17)16-1-3-18(4-2-16)32-22-21-19(7-11-31-23(21)35)34(33-22)20-14-37-12-8-15(20)13-29/h1-7,9-11,15,20,36H,8,12,14H2,(H,31,35)(H,32,33). The van der Waals surface area contributed by atoms with Gasteiger partial charge in [0.05, 0.1) is 30.2 Å². The zero-order valence-corrected chi connectivity index (χ0v) is 19.2. The van der Waals surface area contributed by atoms with Gasteiger partial charge in [0.1, 0.15) is 5.39 Å². The molecule has 1 fully saturated rings. The molecule has 9 nitrogen and oxygen atoms in total. The molecule has 1 aliphatic rings. The van der Waals surface area contributed by atoms with Crippen LogP contribution in [0.1, 0.15) is 23.6 Å². The maximum Gasteiger partial charge on any atom is 0.425 e. The van der Waals surface area contributed by atoms with E-state index in [0.29, 0.717) is 24.2 Å². The first-order chi connectivity index (χ1) is 17.7. The quantitative estimate of drug-likeness (QED) is 0.373. The lowest BCUT2D eigenvalue weighted by Gasteiger charge is -2.31. The van der Waals surface area contributed by atoms with E-state index in [1.807, 2.05) is 0 Å². The average Bonchev–Trinajstić information content (AvgIpc) is 3.27. The first kappa shape index (κ1) is 24.5. The highest BCUT2D eigenvalue weighted by Gasteiger charge is 2.56. The van der Waals surface area contributed by atoms with Crippen LogP contribution in [-0.2, 0) is 10.3 Å². The Morgan fingerprint density at radius 1 is 1.14 bits per heavy atom. The Bertz CT molecular complexity index is 1510. The average molecular weight is 510 g/mol. The summed E-state index contributed by atoms with van der Waals surface area (Å²) in [4.78, 5) is 19.0. The summed E-state index contributed by atoms with van der Waals surface area (Å²) in [5.41, 5.74) is -3.59. The number of aromatic amines is 1. The van der Waals surface area contributed by atoms with Crippen LogP contribution in [0, 0.1) is 17.2 Å². The van der Waals surface area contributed by atoms with Crippen molar-refractivity contribution in [1.29, 1.82) is 5.26 Å². The number of alkyl halides is 3. The van der Waals surface area contributed by atoms with E-state index in [-0.39, 0.29) is 34.9 Å². The molecule has 1 aliphatic heterocycles. The number of benzene rings is 1. The van der Waals surface area contributed by atoms with Crippen molar-refractivity contribution in [2.75, 3.05) is 18.5 Å². The summed E-state index contributed by atoms with van der Waals surface area (Å²) in [7, 11) is 0. The highest BCUT2D eigenvalue weighted by atomic mass is 19.4. The van der Waals surface area contributed by atoms with Crippen molar-refractivity contribution in [2.24, 2.45) is 5.92 Å². The smallest absolute Gasteiger partial charge is 0.379 e. The van der Waals surface area contributed by atoms with Gasteiger partial charge in [-0.25, -0.2) is 0 Å². The number of anilines is 2. The third-order valence-corrected chi connectivity index (χ3v) is 6.51. The second-order valence-corrected chi connectivity index (χ2v) is 8.67. The van der Waals surface area contributed by atoms with Crippen LogP contribution in [0.15, 0.2) is 65.8 Å². The van der Waals surface area contributed by atoms with E-state index in [4.69, 9.17) is 4.74 Å². The van der Waals surface area contributed by atoms with E-state index in [1.54, 1.807) is 10.7 Å². The van der Waals surface area contributed by atoms with Crippen molar-refractivity contribution in [3.63, 3.8) is 0 Å². The summed E-state index contributed by atoms with van der Waals surface area (Å²) in [6.07, 6.45) is -0.645. The highest BCUT2D eigenvalue weighted by molar-refractivity contribution is 5.91. The molecular formula is C25H21F3N6O3. The van der Waals surface area contributed by atoms with E-state index in [9.17, 15) is 28.3 Å². The van der Waals surface area contributed by atoms with Gasteiger partial charge < -0.3 is 20.1 Å². The number of fused-ring (bicyclic) bond motifs is 1. The number of pyridine rings is 2. The van der Waals surface area contributed by atoms with Gasteiger partial charge in [-0.15, -0.1) is 0 Å². The molecule has 0 spiro atoms. The fourth-order valence-electron chi connectivity index (χ4n) is 4.57. The molecule has 0 amide bonds. The Hall–Kier alpha value is -4.21. The lowest BCUT2D eigenvalue weighted by molar-refractivity contribution is -0.248. The number of H-pyrrole nitrogens is 1. The van der Waals surface area contributed by atoms with Crippen LogP contribution in [0.2, 0.25) is 0 Å². The Kier molecular flexibility index (Phi) is 6.18. The number of hydrogen-bond donors (Lipinski definition) is 3. The van der Waals surface area contributed by atoms with Crippen molar-refractivity contribution in [3.05, 3.63) is 82.5 Å². The molecule has 5 rings (SSSR count). The summed E-state index contributed by atoms with van der Waals surface area (Å²) in [5, 5.41) is 28.1. The van der Waals surface area contributed by atoms with Crippen molar-refractivity contribution in [1.82, 2.24) is 19.7 Å². The van der Waals surface area contributed by atoms with Crippen LogP contribution in [-0.4, -0.2) is 44.2 Å². The predicted molar refractivity (Wildman–Crippen MR) is 127 cm³/mol. The Balaban J connectivity index is 1.52. The van der Waals surface area contributed by atoms with Gasteiger partial charge in [0.15, 0.2) is 5.82 Å². The number of ether oxygens (including phenoxy) is 1. The van der Waals surface area contributed by atoms with E-state index in [2.05, 4.69) is 26.5 Å². The lowest BCUT2D eigenvalue weighted by atomic mass is 9.86. The van der Waals surface area contributed by atoms with Gasteiger partial charge in [0.25, 0.3) is 5.56 Å². The number of rotatable bonds is 5. The van der Waals surface area contributed by atoms with E-state index in [1.165, 1.54) is 30.7 Å². The van der Waals surface area contributed by atoms with Gasteiger partial charge >= 0.3 is 6.18 Å². The molecule has 3 unspecified atom stereocenters. The van der Waals surface area contributed by atoms with Gasteiger partial charge in [-0.2, -0.15) is 23.5 Å². The molecule has 12 heteroatoms. The summed E-state index contributed by atoms with van der Waals surface area (Å²) >= 11 is 0. The summed E-state index contributed by atoms with van der Waals surface area (Å²) in [5.74, 6) is -0.191. The minimum absolute atomic E-state index is 0.173. The largest absolute Gasteiger partial charge is 0.425 e. The van der Waals surface area contributed by atoms with Crippen molar-refractivity contribution in [2.45, 2.75) is 24.2 Å². The number of aliphatic hydroxyl groups is 1. The highest BCUT2D eigenvalue weighted by Crippen LogP contribution is 2.44. The Morgan fingerprint density at radius 3 is 2.51 bits per heavy atom. The van der Waals surface area contributed by atoms with E-state index >= 15 is 0 Å². The number of hydrogen-bond acceptors (Lipinski definition) is 7. The minimum Gasteiger partial charge on any atom is -0.379 e. The second-order valence-electron chi connectivity index (χ2n) is 8.67. The Morgan fingerprint density at radius 2 is 1.84 bits per heavy atom. The summed E-state index contributed by atoms with van der Waals surface area (Å²) in [6.45, 7) is 0.705. The van der Waals surface area contributed by atoms with Crippen LogP contribution in [0.3, 0.4) is 0 Å². The number of nitriles is 1. The maximum absolute atomic E-state index is 14.0. The topological polar surface area (TPSA) is 129 Å². The van der Waals surface area contributed by atoms with Gasteiger partial charge in [0, 0.05) is 36.4 Å². The molecule has 37 heavy (non-hydrogen) atoms. The van der Waals surface area contributed by atoms with Crippen molar-refractivity contribution < 1.29 is 23.0 Å². The predicted octanol–water partition coefficient (Wildman–Crippen LogP) is 3.76. The van der Waals surface area contributed by atoms with Crippen LogP contribution in [0.25, 0.3) is 10.9 Å². The van der Waals surface area contributed by atoms with Gasteiger partial charge in [-0.05, 0) is 42.3 Å². The summed E-state index contributed by atoms with van der Waals surface area (Å²) in [6, 6.07) is 10.8. The fourth-order valence-corrected chi connectivity index (χ4v) is 4.57. The first-order valence-corrected chi connectivity index (χ1v) is 11.4. The third kappa shape index (κ3) is 4.22. The van der Waals surface area contributed by atoms with Gasteiger partial charge in [0.2, 0.25) is 5.60 Å². The number of nitrogens with one attached hydrogen (secondary N) is 2. The van der Waals surface area contributed by atoms with Crippen LogP contribution >= 0.6 is 0 Å². The maximum atomic E-state index is 14.0. The molecular weight excluding hydrogens is 489 g/mol. The molecule has 1 saturated heterocycles. The lowest BCUT2D eigenvalue weighted by Crippen LogP contribution is -2.43. The molecule has 0 bridgehead atoms. The molecule has 3 aromatic heterocycles. The first-order valence-electron chi connectivity index (χ1n) is 11.4. The van der Waals surface area contributed by atoms with Crippen LogP contribution < -0.4 is 10.9 Å². The van der Waals surface area contributed by atoms with Crippen LogP contribution in [0.4, 0.5) is 24.7 Å². The zero-order chi connectivity index (χ0) is 26.2.